The first kappa shape index (κ1) is 22.4. The van der Waals surface area contributed by atoms with Crippen LogP contribution in [0.4, 0.5) is 0 Å². The SMILES string of the molecule is COP(=O)(Cc1ccc(C)cc1OP(=O)(OC(C)C)OC(C)C)OC. The fourth-order valence-electron chi connectivity index (χ4n) is 1.99. The zero-order valence-corrected chi connectivity index (χ0v) is 17.6. The molecule has 0 saturated carbocycles. The van der Waals surface area contributed by atoms with Crippen LogP contribution in [0.2, 0.25) is 0 Å². The van der Waals surface area contributed by atoms with Gasteiger partial charge in [-0.1, -0.05) is 12.1 Å². The molecule has 0 bridgehead atoms. The Hall–Kier alpha value is -0.680. The van der Waals surface area contributed by atoms with Crippen LogP contribution in [0.1, 0.15) is 38.8 Å². The number of rotatable bonds is 10. The zero-order chi connectivity index (χ0) is 19.3. The monoisotopic (exact) mass is 394 g/mol. The molecule has 0 aliphatic heterocycles. The maximum Gasteiger partial charge on any atom is 0.530 e. The lowest BCUT2D eigenvalue weighted by molar-refractivity contribution is 0.103. The fourth-order valence-corrected chi connectivity index (χ4v) is 4.66. The number of phosphoric acid groups is 1. The van der Waals surface area contributed by atoms with Gasteiger partial charge < -0.3 is 13.6 Å². The first-order valence-corrected chi connectivity index (χ1v) is 11.2. The second-order valence-electron chi connectivity index (χ2n) is 6.09. The topological polar surface area (TPSA) is 80.3 Å². The molecule has 0 aromatic heterocycles. The third-order valence-corrected chi connectivity index (χ3v) is 6.65. The van der Waals surface area contributed by atoms with Gasteiger partial charge in [0, 0.05) is 19.8 Å². The molecule has 0 N–H and O–H groups in total. The molecule has 0 atom stereocenters. The van der Waals surface area contributed by atoms with Gasteiger partial charge in [-0.25, -0.2) is 4.57 Å². The van der Waals surface area contributed by atoms with Gasteiger partial charge in [0.25, 0.3) is 0 Å². The molecule has 0 fully saturated rings. The summed E-state index contributed by atoms with van der Waals surface area (Å²) < 4.78 is 51.9. The van der Waals surface area contributed by atoms with Gasteiger partial charge in [0.1, 0.15) is 5.75 Å². The summed E-state index contributed by atoms with van der Waals surface area (Å²) in [6, 6.07) is 5.24. The third kappa shape index (κ3) is 7.22. The second kappa shape index (κ2) is 9.31. The molecule has 0 radical (unpaired) electrons. The van der Waals surface area contributed by atoms with E-state index in [4.69, 9.17) is 22.6 Å². The molecule has 0 amide bonds. The van der Waals surface area contributed by atoms with Crippen LogP contribution in [0.25, 0.3) is 0 Å². The Morgan fingerprint density at radius 2 is 1.48 bits per heavy atom. The van der Waals surface area contributed by atoms with Crippen molar-refractivity contribution in [2.45, 2.75) is 53.0 Å². The van der Waals surface area contributed by atoms with Crippen LogP contribution < -0.4 is 4.52 Å². The van der Waals surface area contributed by atoms with E-state index < -0.39 is 15.4 Å². The van der Waals surface area contributed by atoms with Crippen LogP contribution in [-0.2, 0) is 33.4 Å². The van der Waals surface area contributed by atoms with Crippen molar-refractivity contribution in [1.82, 2.24) is 0 Å². The van der Waals surface area contributed by atoms with Gasteiger partial charge >= 0.3 is 15.4 Å². The lowest BCUT2D eigenvalue weighted by atomic mass is 10.1. The number of hydrogen-bond acceptors (Lipinski definition) is 7. The summed E-state index contributed by atoms with van der Waals surface area (Å²) in [6.45, 7) is 8.81. The summed E-state index contributed by atoms with van der Waals surface area (Å²) in [5.74, 6) is 0.263. The molecular formula is C16H28O7P2. The fraction of sp³-hybridized carbons (Fsp3) is 0.625. The van der Waals surface area contributed by atoms with Crippen LogP contribution in [0.3, 0.4) is 0 Å². The van der Waals surface area contributed by atoms with E-state index >= 15 is 0 Å². The Balaban J connectivity index is 3.23. The highest BCUT2D eigenvalue weighted by Gasteiger charge is 2.33. The van der Waals surface area contributed by atoms with E-state index in [1.54, 1.807) is 39.8 Å². The summed E-state index contributed by atoms with van der Waals surface area (Å²) >= 11 is 0. The average Bonchev–Trinajstić information content (AvgIpc) is 2.47. The summed E-state index contributed by atoms with van der Waals surface area (Å²) in [5, 5.41) is 0. The molecule has 0 aliphatic carbocycles. The van der Waals surface area contributed by atoms with E-state index in [1.165, 1.54) is 14.2 Å². The van der Waals surface area contributed by atoms with Crippen molar-refractivity contribution >= 4 is 15.4 Å². The highest BCUT2D eigenvalue weighted by atomic mass is 31.2. The van der Waals surface area contributed by atoms with Gasteiger partial charge in [0.15, 0.2) is 0 Å². The predicted molar refractivity (Wildman–Crippen MR) is 97.2 cm³/mol. The molecule has 0 saturated heterocycles. The molecule has 0 heterocycles. The average molecular weight is 394 g/mol. The van der Waals surface area contributed by atoms with Crippen LogP contribution in [0.5, 0.6) is 5.75 Å². The maximum atomic E-state index is 13.0. The summed E-state index contributed by atoms with van der Waals surface area (Å²) in [4.78, 5) is 0. The van der Waals surface area contributed by atoms with E-state index in [2.05, 4.69) is 0 Å². The minimum atomic E-state index is -3.85. The second-order valence-corrected chi connectivity index (χ2v) is 9.86. The van der Waals surface area contributed by atoms with Gasteiger partial charge in [0.2, 0.25) is 0 Å². The van der Waals surface area contributed by atoms with Crippen molar-refractivity contribution in [1.29, 1.82) is 0 Å². The molecule has 7 nitrogen and oxygen atoms in total. The van der Waals surface area contributed by atoms with Gasteiger partial charge in [-0.05, 0) is 46.2 Å². The van der Waals surface area contributed by atoms with Crippen molar-refractivity contribution in [3.05, 3.63) is 29.3 Å². The van der Waals surface area contributed by atoms with Gasteiger partial charge in [-0.15, -0.1) is 0 Å². The van der Waals surface area contributed by atoms with E-state index in [-0.39, 0.29) is 24.1 Å². The molecule has 1 aromatic carbocycles. The smallest absolute Gasteiger partial charge is 0.404 e. The summed E-state index contributed by atoms with van der Waals surface area (Å²) in [7, 11) is -4.54. The quantitative estimate of drug-likeness (QED) is 0.497. The maximum absolute atomic E-state index is 13.0. The summed E-state index contributed by atoms with van der Waals surface area (Å²) in [6.07, 6.45) is -0.748. The Morgan fingerprint density at radius 3 is 1.92 bits per heavy atom. The van der Waals surface area contributed by atoms with Gasteiger partial charge in [-0.2, -0.15) is 0 Å². The van der Waals surface area contributed by atoms with Crippen molar-refractivity contribution in [3.8, 4) is 5.75 Å². The third-order valence-electron chi connectivity index (χ3n) is 3.03. The summed E-state index contributed by atoms with van der Waals surface area (Å²) in [5.41, 5.74) is 1.40. The van der Waals surface area contributed by atoms with Crippen LogP contribution in [-0.4, -0.2) is 26.4 Å². The van der Waals surface area contributed by atoms with Crippen molar-refractivity contribution in [2.75, 3.05) is 14.2 Å². The van der Waals surface area contributed by atoms with E-state index in [0.717, 1.165) is 5.56 Å². The molecule has 0 spiro atoms. The van der Waals surface area contributed by atoms with Crippen molar-refractivity contribution in [3.63, 3.8) is 0 Å². The highest BCUT2D eigenvalue weighted by Crippen LogP contribution is 2.55. The Morgan fingerprint density at radius 1 is 0.960 bits per heavy atom. The van der Waals surface area contributed by atoms with Crippen LogP contribution in [0, 0.1) is 6.92 Å². The van der Waals surface area contributed by atoms with Crippen molar-refractivity contribution < 1.29 is 31.7 Å². The lowest BCUT2D eigenvalue weighted by Crippen LogP contribution is -2.12. The minimum Gasteiger partial charge on any atom is -0.404 e. The predicted octanol–water partition coefficient (Wildman–Crippen LogP) is 5.32. The number of aryl methyl sites for hydroxylation is 1. The van der Waals surface area contributed by atoms with Gasteiger partial charge in [0.05, 0.1) is 18.4 Å². The standard InChI is InChI=1S/C16H28O7P2/c1-12(2)21-25(18,22-13(3)4)23-16-10-14(5)8-9-15(16)11-24(17,19-6)20-7/h8-10,12-13H,11H2,1-7H3. The molecule has 0 unspecified atom stereocenters. The Kier molecular flexibility index (Phi) is 8.33. The molecule has 0 aliphatic rings. The highest BCUT2D eigenvalue weighted by molar-refractivity contribution is 7.53. The van der Waals surface area contributed by atoms with Crippen molar-refractivity contribution in [2.24, 2.45) is 0 Å². The van der Waals surface area contributed by atoms with E-state index in [9.17, 15) is 9.13 Å². The molecule has 1 rings (SSSR count). The first-order chi connectivity index (χ1) is 11.5. The van der Waals surface area contributed by atoms with Crippen LogP contribution >= 0.6 is 15.4 Å². The first-order valence-electron chi connectivity index (χ1n) is 7.99. The largest absolute Gasteiger partial charge is 0.530 e. The molecular weight excluding hydrogens is 366 g/mol. The van der Waals surface area contributed by atoms with E-state index in [0.29, 0.717) is 5.56 Å². The minimum absolute atomic E-state index is 0.0288. The molecule has 25 heavy (non-hydrogen) atoms. The van der Waals surface area contributed by atoms with Crippen LogP contribution in [0.15, 0.2) is 18.2 Å². The zero-order valence-electron chi connectivity index (χ0n) is 15.8. The molecule has 9 heteroatoms. The number of benzene rings is 1. The van der Waals surface area contributed by atoms with Gasteiger partial charge in [-0.3, -0.25) is 13.6 Å². The molecule has 144 valence electrons. The Labute approximate surface area is 150 Å². The lowest BCUT2D eigenvalue weighted by Gasteiger charge is -2.24. The number of phosphoric ester groups is 1. The normalized spacial score (nSPS) is 12.8. The Bertz CT molecular complexity index is 636. The molecule has 1 aromatic rings. The number of hydrogen-bond donors (Lipinski definition) is 0. The van der Waals surface area contributed by atoms with E-state index in [1.807, 2.05) is 13.0 Å².